The molecule has 72 valence electrons. The van der Waals surface area contributed by atoms with Crippen LogP contribution in [0.5, 0.6) is 5.19 Å². The Bertz CT molecular complexity index is 232. The van der Waals surface area contributed by atoms with Gasteiger partial charge in [0.1, 0.15) is 6.61 Å². The zero-order chi connectivity index (χ0) is 8.93. The number of thiazole rings is 1. The highest BCUT2D eigenvalue weighted by Gasteiger charge is 2.13. The predicted molar refractivity (Wildman–Crippen MR) is 53.3 cm³/mol. The van der Waals surface area contributed by atoms with Crippen molar-refractivity contribution < 1.29 is 4.74 Å². The molecule has 0 bridgehead atoms. The van der Waals surface area contributed by atoms with E-state index in [2.05, 4.69) is 10.3 Å². The van der Waals surface area contributed by atoms with E-state index < -0.39 is 0 Å². The van der Waals surface area contributed by atoms with E-state index in [-0.39, 0.29) is 0 Å². The van der Waals surface area contributed by atoms with Crippen LogP contribution in [0.4, 0.5) is 0 Å². The van der Waals surface area contributed by atoms with Gasteiger partial charge in [0, 0.05) is 17.6 Å². The van der Waals surface area contributed by atoms with Crippen LogP contribution in [0.15, 0.2) is 11.6 Å². The summed E-state index contributed by atoms with van der Waals surface area (Å²) in [5.41, 5.74) is 0. The maximum atomic E-state index is 5.53. The first-order valence-electron chi connectivity index (χ1n) is 4.71. The van der Waals surface area contributed by atoms with Gasteiger partial charge in [0.05, 0.1) is 0 Å². The quantitative estimate of drug-likeness (QED) is 0.802. The van der Waals surface area contributed by atoms with Gasteiger partial charge in [-0.3, -0.25) is 0 Å². The van der Waals surface area contributed by atoms with Crippen LogP contribution in [0.2, 0.25) is 0 Å². The van der Waals surface area contributed by atoms with Crippen LogP contribution in [0.1, 0.15) is 19.3 Å². The summed E-state index contributed by atoms with van der Waals surface area (Å²) in [6, 6.07) is 0.526. The van der Waals surface area contributed by atoms with Gasteiger partial charge in [-0.2, -0.15) is 0 Å². The van der Waals surface area contributed by atoms with Gasteiger partial charge in [0.25, 0.3) is 5.19 Å². The minimum Gasteiger partial charge on any atom is -0.468 e. The minimum atomic E-state index is 0.526. The molecule has 0 unspecified atom stereocenters. The molecule has 2 rings (SSSR count). The van der Waals surface area contributed by atoms with Gasteiger partial charge in [-0.15, -0.1) is 0 Å². The molecule has 0 aliphatic carbocycles. The fourth-order valence-electron chi connectivity index (χ4n) is 1.52. The first kappa shape index (κ1) is 8.97. The molecule has 0 spiro atoms. The van der Waals surface area contributed by atoms with Crippen LogP contribution in [-0.4, -0.2) is 24.2 Å². The number of hydrogen-bond acceptors (Lipinski definition) is 4. The highest BCUT2D eigenvalue weighted by atomic mass is 32.1. The molecule has 13 heavy (non-hydrogen) atoms. The van der Waals surface area contributed by atoms with E-state index >= 15 is 0 Å². The Hall–Kier alpha value is -0.610. The lowest BCUT2D eigenvalue weighted by molar-refractivity contribution is 0.238. The third-order valence-electron chi connectivity index (χ3n) is 2.23. The lowest BCUT2D eigenvalue weighted by Gasteiger charge is -2.22. The van der Waals surface area contributed by atoms with Gasteiger partial charge in [0.15, 0.2) is 0 Å². The summed E-state index contributed by atoms with van der Waals surface area (Å²) >= 11 is 1.55. The fraction of sp³-hybridized carbons (Fsp3) is 0.667. The van der Waals surface area contributed by atoms with E-state index in [0.29, 0.717) is 6.04 Å². The van der Waals surface area contributed by atoms with E-state index in [0.717, 1.165) is 18.3 Å². The standard InChI is InChI=1S/C9H14N2OS/c1-2-4-10-8(3-1)7-12-9-11-5-6-13-9/h5-6,8,10H,1-4,7H2/t8-/m0/s1. The first-order chi connectivity index (χ1) is 6.45. The van der Waals surface area contributed by atoms with Crippen molar-refractivity contribution in [2.75, 3.05) is 13.2 Å². The summed E-state index contributed by atoms with van der Waals surface area (Å²) in [5.74, 6) is 0. The second-order valence-corrected chi connectivity index (χ2v) is 4.11. The maximum Gasteiger partial charge on any atom is 0.273 e. The van der Waals surface area contributed by atoms with Gasteiger partial charge in [0.2, 0.25) is 0 Å². The van der Waals surface area contributed by atoms with Crippen molar-refractivity contribution in [1.82, 2.24) is 10.3 Å². The smallest absolute Gasteiger partial charge is 0.273 e. The molecule has 1 fully saturated rings. The molecule has 0 radical (unpaired) electrons. The fourth-order valence-corrected chi connectivity index (χ4v) is 2.02. The molecule has 1 aromatic rings. The Morgan fingerprint density at radius 3 is 3.31 bits per heavy atom. The van der Waals surface area contributed by atoms with Crippen molar-refractivity contribution in [2.24, 2.45) is 0 Å². The maximum absolute atomic E-state index is 5.53. The average Bonchev–Trinajstić information content (AvgIpc) is 2.69. The van der Waals surface area contributed by atoms with Crippen molar-refractivity contribution in [2.45, 2.75) is 25.3 Å². The van der Waals surface area contributed by atoms with Crippen molar-refractivity contribution >= 4 is 11.3 Å². The molecule has 1 aliphatic rings. The number of aromatic nitrogens is 1. The molecule has 0 aromatic carbocycles. The van der Waals surface area contributed by atoms with Crippen molar-refractivity contribution in [3.05, 3.63) is 11.6 Å². The van der Waals surface area contributed by atoms with Crippen LogP contribution in [0.25, 0.3) is 0 Å². The van der Waals surface area contributed by atoms with Gasteiger partial charge in [-0.05, 0) is 19.4 Å². The third kappa shape index (κ3) is 2.67. The highest BCUT2D eigenvalue weighted by molar-refractivity contribution is 7.11. The van der Waals surface area contributed by atoms with Gasteiger partial charge in [-0.25, -0.2) is 4.98 Å². The summed E-state index contributed by atoms with van der Waals surface area (Å²) in [6.07, 6.45) is 5.62. The first-order valence-corrected chi connectivity index (χ1v) is 5.59. The summed E-state index contributed by atoms with van der Waals surface area (Å²) in [4.78, 5) is 4.07. The Balaban J connectivity index is 1.72. The van der Waals surface area contributed by atoms with Gasteiger partial charge in [-0.1, -0.05) is 17.8 Å². The largest absolute Gasteiger partial charge is 0.468 e. The normalized spacial score (nSPS) is 22.9. The molecule has 4 heteroatoms. The minimum absolute atomic E-state index is 0.526. The summed E-state index contributed by atoms with van der Waals surface area (Å²) in [7, 11) is 0. The summed E-state index contributed by atoms with van der Waals surface area (Å²) in [5, 5.41) is 6.15. The van der Waals surface area contributed by atoms with E-state index in [1.165, 1.54) is 19.3 Å². The molecule has 0 amide bonds. The second-order valence-electron chi connectivity index (χ2n) is 3.26. The highest BCUT2D eigenvalue weighted by Crippen LogP contribution is 2.15. The van der Waals surface area contributed by atoms with Crippen LogP contribution >= 0.6 is 11.3 Å². The van der Waals surface area contributed by atoms with Crippen LogP contribution in [0.3, 0.4) is 0 Å². The molecule has 3 nitrogen and oxygen atoms in total. The third-order valence-corrected chi connectivity index (χ3v) is 2.91. The molecule has 1 saturated heterocycles. The predicted octanol–water partition coefficient (Wildman–Crippen LogP) is 1.66. The van der Waals surface area contributed by atoms with E-state index in [9.17, 15) is 0 Å². The van der Waals surface area contributed by atoms with E-state index in [4.69, 9.17) is 4.74 Å². The van der Waals surface area contributed by atoms with Crippen molar-refractivity contribution in [3.8, 4) is 5.19 Å². The van der Waals surface area contributed by atoms with E-state index in [1.807, 2.05) is 5.38 Å². The summed E-state index contributed by atoms with van der Waals surface area (Å²) < 4.78 is 5.53. The molecule has 1 N–H and O–H groups in total. The number of nitrogens with one attached hydrogen (secondary N) is 1. The molecular weight excluding hydrogens is 184 g/mol. The Labute approximate surface area is 82.1 Å². The zero-order valence-electron chi connectivity index (χ0n) is 7.53. The van der Waals surface area contributed by atoms with Gasteiger partial charge < -0.3 is 10.1 Å². The van der Waals surface area contributed by atoms with E-state index in [1.54, 1.807) is 17.5 Å². The van der Waals surface area contributed by atoms with Gasteiger partial charge >= 0.3 is 0 Å². The molecular formula is C9H14N2OS. The lowest BCUT2D eigenvalue weighted by atomic mass is 10.1. The van der Waals surface area contributed by atoms with Crippen molar-refractivity contribution in [3.63, 3.8) is 0 Å². The second kappa shape index (κ2) is 4.58. The molecule has 2 heterocycles. The molecule has 1 aromatic heterocycles. The monoisotopic (exact) mass is 198 g/mol. The van der Waals surface area contributed by atoms with Crippen molar-refractivity contribution in [1.29, 1.82) is 0 Å². The number of nitrogens with zero attached hydrogens (tertiary/aromatic N) is 1. The Morgan fingerprint density at radius 1 is 1.62 bits per heavy atom. The van der Waals surface area contributed by atoms with Crippen LogP contribution in [0, 0.1) is 0 Å². The van der Waals surface area contributed by atoms with Crippen LogP contribution in [-0.2, 0) is 0 Å². The lowest BCUT2D eigenvalue weighted by Crippen LogP contribution is -2.38. The number of rotatable bonds is 3. The number of ether oxygens (including phenoxy) is 1. The SMILES string of the molecule is c1csc(OC[C@@H]2CCCCN2)n1. The Morgan fingerprint density at radius 2 is 2.62 bits per heavy atom. The molecule has 1 atom stereocenters. The molecule has 0 saturated carbocycles. The number of hydrogen-bond donors (Lipinski definition) is 1. The molecule has 1 aliphatic heterocycles. The summed E-state index contributed by atoms with van der Waals surface area (Å²) in [6.45, 7) is 1.89. The van der Waals surface area contributed by atoms with Crippen LogP contribution < -0.4 is 10.1 Å². The topological polar surface area (TPSA) is 34.1 Å². The Kier molecular flexibility index (Phi) is 3.16. The average molecular weight is 198 g/mol. The zero-order valence-corrected chi connectivity index (χ0v) is 8.35. The number of piperidine rings is 1.